The molecule has 0 fully saturated rings. The molecule has 0 bridgehead atoms. The lowest BCUT2D eigenvalue weighted by atomic mass is 10.2. The van der Waals surface area contributed by atoms with Crippen LogP contribution in [0.2, 0.25) is 0 Å². The molecule has 0 spiro atoms. The SMILES string of the molecule is Cc1nc(CN)cc(NCc2ccc(S(N)(=O)=O)cc2)n1. The molecule has 0 aliphatic rings. The minimum atomic E-state index is -3.66. The van der Waals surface area contributed by atoms with Crippen molar-refractivity contribution >= 4 is 15.8 Å². The molecule has 0 aliphatic carbocycles. The fourth-order valence-corrected chi connectivity index (χ4v) is 2.33. The van der Waals surface area contributed by atoms with Gasteiger partial charge in [-0.25, -0.2) is 23.5 Å². The van der Waals surface area contributed by atoms with Crippen LogP contribution in [0.4, 0.5) is 5.82 Å². The maximum absolute atomic E-state index is 11.2. The van der Waals surface area contributed by atoms with Crippen LogP contribution >= 0.6 is 0 Å². The summed E-state index contributed by atoms with van der Waals surface area (Å²) in [7, 11) is -3.66. The van der Waals surface area contributed by atoms with Crippen molar-refractivity contribution in [2.75, 3.05) is 5.32 Å². The van der Waals surface area contributed by atoms with Crippen LogP contribution < -0.4 is 16.2 Å². The summed E-state index contributed by atoms with van der Waals surface area (Å²) >= 11 is 0. The highest BCUT2D eigenvalue weighted by Gasteiger charge is 2.07. The first-order valence-corrected chi connectivity index (χ1v) is 7.83. The molecule has 5 N–H and O–H groups in total. The van der Waals surface area contributed by atoms with Crippen LogP contribution in [0, 0.1) is 6.92 Å². The van der Waals surface area contributed by atoms with Crippen molar-refractivity contribution in [1.29, 1.82) is 0 Å². The monoisotopic (exact) mass is 307 g/mol. The Labute approximate surface area is 123 Å². The Hall–Kier alpha value is -2.03. The van der Waals surface area contributed by atoms with E-state index in [2.05, 4.69) is 15.3 Å². The summed E-state index contributed by atoms with van der Waals surface area (Å²) in [5, 5.41) is 8.20. The van der Waals surface area contributed by atoms with E-state index in [1.54, 1.807) is 25.1 Å². The first-order chi connectivity index (χ1) is 9.88. The van der Waals surface area contributed by atoms with E-state index in [9.17, 15) is 8.42 Å². The maximum Gasteiger partial charge on any atom is 0.238 e. The van der Waals surface area contributed by atoms with E-state index in [1.807, 2.05) is 0 Å². The number of nitrogens with zero attached hydrogens (tertiary/aromatic N) is 2. The highest BCUT2D eigenvalue weighted by atomic mass is 32.2. The predicted molar refractivity (Wildman–Crippen MR) is 79.8 cm³/mol. The Bertz CT molecular complexity index is 729. The van der Waals surface area contributed by atoms with Crippen LogP contribution in [-0.2, 0) is 23.1 Å². The third-order valence-corrected chi connectivity index (χ3v) is 3.75. The van der Waals surface area contributed by atoms with E-state index >= 15 is 0 Å². The summed E-state index contributed by atoms with van der Waals surface area (Å²) in [6, 6.07) is 8.13. The summed E-state index contributed by atoms with van der Waals surface area (Å²) < 4.78 is 22.3. The van der Waals surface area contributed by atoms with Gasteiger partial charge in [-0.15, -0.1) is 0 Å². The van der Waals surface area contributed by atoms with Gasteiger partial charge < -0.3 is 11.1 Å². The molecule has 0 radical (unpaired) electrons. The molecule has 2 aromatic rings. The molecule has 1 aromatic heterocycles. The van der Waals surface area contributed by atoms with E-state index in [0.717, 1.165) is 11.3 Å². The molecule has 0 saturated carbocycles. The summed E-state index contributed by atoms with van der Waals surface area (Å²) in [4.78, 5) is 8.54. The largest absolute Gasteiger partial charge is 0.366 e. The standard InChI is InChI=1S/C13H17N5O2S/c1-9-17-11(7-14)6-13(18-9)16-8-10-2-4-12(5-3-10)21(15,19)20/h2-6H,7-8,14H2,1H3,(H2,15,19,20)(H,16,17,18). The van der Waals surface area contributed by atoms with Crippen molar-refractivity contribution in [2.45, 2.75) is 24.9 Å². The summed E-state index contributed by atoms with van der Waals surface area (Å²) in [5.41, 5.74) is 7.23. The molecule has 2 rings (SSSR count). The summed E-state index contributed by atoms with van der Waals surface area (Å²) in [6.07, 6.45) is 0. The van der Waals surface area contributed by atoms with Crippen LogP contribution in [0.3, 0.4) is 0 Å². The minimum absolute atomic E-state index is 0.0922. The number of nitrogens with two attached hydrogens (primary N) is 2. The van der Waals surface area contributed by atoms with E-state index in [0.29, 0.717) is 24.7 Å². The zero-order valence-electron chi connectivity index (χ0n) is 11.6. The molecule has 112 valence electrons. The molecule has 0 aliphatic heterocycles. The topological polar surface area (TPSA) is 124 Å². The first kappa shape index (κ1) is 15.4. The van der Waals surface area contributed by atoms with Gasteiger partial charge in [0.2, 0.25) is 10.0 Å². The van der Waals surface area contributed by atoms with Gasteiger partial charge in [-0.3, -0.25) is 0 Å². The number of hydrogen-bond acceptors (Lipinski definition) is 6. The Morgan fingerprint density at radius 1 is 1.19 bits per heavy atom. The molecule has 0 saturated heterocycles. The zero-order valence-corrected chi connectivity index (χ0v) is 12.4. The van der Waals surface area contributed by atoms with Gasteiger partial charge in [0.15, 0.2) is 0 Å². The quantitative estimate of drug-likeness (QED) is 0.739. The molecule has 0 amide bonds. The van der Waals surface area contributed by atoms with E-state index < -0.39 is 10.0 Å². The number of nitrogens with one attached hydrogen (secondary N) is 1. The lowest BCUT2D eigenvalue weighted by Crippen LogP contribution is -2.12. The number of primary sulfonamides is 1. The third-order valence-electron chi connectivity index (χ3n) is 2.83. The van der Waals surface area contributed by atoms with Gasteiger partial charge in [0.05, 0.1) is 10.6 Å². The van der Waals surface area contributed by atoms with Crippen LogP contribution in [0.15, 0.2) is 35.2 Å². The van der Waals surface area contributed by atoms with Crippen molar-refractivity contribution in [3.05, 3.63) is 47.4 Å². The molecule has 21 heavy (non-hydrogen) atoms. The second-order valence-corrected chi connectivity index (χ2v) is 6.10. The fraction of sp³-hybridized carbons (Fsp3) is 0.231. The van der Waals surface area contributed by atoms with E-state index in [-0.39, 0.29) is 4.90 Å². The normalized spacial score (nSPS) is 11.4. The Morgan fingerprint density at radius 2 is 1.86 bits per heavy atom. The van der Waals surface area contributed by atoms with Crippen LogP contribution in [-0.4, -0.2) is 18.4 Å². The first-order valence-electron chi connectivity index (χ1n) is 6.29. The highest BCUT2D eigenvalue weighted by molar-refractivity contribution is 7.89. The van der Waals surface area contributed by atoms with Crippen molar-refractivity contribution in [1.82, 2.24) is 9.97 Å². The molecule has 7 nitrogen and oxygen atoms in total. The number of aryl methyl sites for hydroxylation is 1. The van der Waals surface area contributed by atoms with Crippen LogP contribution in [0.5, 0.6) is 0 Å². The average molecular weight is 307 g/mol. The number of sulfonamides is 1. The fourth-order valence-electron chi connectivity index (χ4n) is 1.81. The molecular formula is C13H17N5O2S. The number of aromatic nitrogens is 2. The second kappa shape index (κ2) is 6.17. The van der Waals surface area contributed by atoms with Crippen molar-refractivity contribution in [3.63, 3.8) is 0 Å². The Morgan fingerprint density at radius 3 is 2.43 bits per heavy atom. The smallest absolute Gasteiger partial charge is 0.238 e. The molecule has 0 atom stereocenters. The van der Waals surface area contributed by atoms with Gasteiger partial charge in [-0.2, -0.15) is 0 Å². The van der Waals surface area contributed by atoms with E-state index in [4.69, 9.17) is 10.9 Å². The lowest BCUT2D eigenvalue weighted by Gasteiger charge is -2.08. The molecular weight excluding hydrogens is 290 g/mol. The van der Waals surface area contributed by atoms with Crippen LogP contribution in [0.25, 0.3) is 0 Å². The third kappa shape index (κ3) is 4.22. The van der Waals surface area contributed by atoms with Crippen molar-refractivity contribution < 1.29 is 8.42 Å². The van der Waals surface area contributed by atoms with Gasteiger partial charge in [0, 0.05) is 19.2 Å². The van der Waals surface area contributed by atoms with Gasteiger partial charge in [-0.1, -0.05) is 12.1 Å². The molecule has 1 heterocycles. The predicted octanol–water partition coefficient (Wildman–Crippen LogP) is 0.503. The van der Waals surface area contributed by atoms with Gasteiger partial charge in [0.25, 0.3) is 0 Å². The van der Waals surface area contributed by atoms with Crippen LogP contribution in [0.1, 0.15) is 17.1 Å². The lowest BCUT2D eigenvalue weighted by molar-refractivity contribution is 0.598. The number of benzene rings is 1. The minimum Gasteiger partial charge on any atom is -0.366 e. The van der Waals surface area contributed by atoms with Gasteiger partial charge in [0.1, 0.15) is 11.6 Å². The van der Waals surface area contributed by atoms with Gasteiger partial charge >= 0.3 is 0 Å². The highest BCUT2D eigenvalue weighted by Crippen LogP contribution is 2.11. The average Bonchev–Trinajstić information content (AvgIpc) is 2.44. The van der Waals surface area contributed by atoms with E-state index in [1.165, 1.54) is 12.1 Å². The number of rotatable bonds is 5. The number of anilines is 1. The van der Waals surface area contributed by atoms with Gasteiger partial charge in [-0.05, 0) is 24.6 Å². The molecule has 8 heteroatoms. The Balaban J connectivity index is 2.08. The van der Waals surface area contributed by atoms with Crippen molar-refractivity contribution in [2.24, 2.45) is 10.9 Å². The Kier molecular flexibility index (Phi) is 4.51. The number of hydrogen-bond donors (Lipinski definition) is 3. The second-order valence-electron chi connectivity index (χ2n) is 4.54. The summed E-state index contributed by atoms with van der Waals surface area (Å²) in [5.74, 6) is 1.32. The molecule has 0 unspecified atom stereocenters. The zero-order chi connectivity index (χ0) is 15.5. The maximum atomic E-state index is 11.2. The summed E-state index contributed by atoms with van der Waals surface area (Å²) in [6.45, 7) is 2.65. The van der Waals surface area contributed by atoms with Crippen molar-refractivity contribution in [3.8, 4) is 0 Å². The molecule has 1 aromatic carbocycles.